The number of hydrogen-bond donors (Lipinski definition) is 2. The van der Waals surface area contributed by atoms with Crippen LogP contribution in [0.1, 0.15) is 12.5 Å². The normalized spacial score (nSPS) is 18.2. The van der Waals surface area contributed by atoms with Crippen LogP contribution in [0.2, 0.25) is 10.0 Å². The first-order chi connectivity index (χ1) is 14.2. The fourth-order valence-corrected chi connectivity index (χ4v) is 3.62. The van der Waals surface area contributed by atoms with Crippen LogP contribution in [0.3, 0.4) is 0 Å². The molecule has 0 spiro atoms. The van der Waals surface area contributed by atoms with Gasteiger partial charge < -0.3 is 20.1 Å². The van der Waals surface area contributed by atoms with Gasteiger partial charge in [-0.1, -0.05) is 35.3 Å². The smallest absolute Gasteiger partial charge is 0.325 e. The number of methoxy groups -OCH3 is 2. The van der Waals surface area contributed by atoms with Crippen LogP contribution in [0.15, 0.2) is 36.4 Å². The number of urea groups is 1. The average molecular weight is 452 g/mol. The van der Waals surface area contributed by atoms with Crippen LogP contribution in [0, 0.1) is 0 Å². The molecule has 2 N–H and O–H groups in total. The Balaban J connectivity index is 1.81. The third-order valence-corrected chi connectivity index (χ3v) is 5.39. The van der Waals surface area contributed by atoms with Gasteiger partial charge in [-0.3, -0.25) is 14.5 Å². The molecule has 1 aliphatic rings. The number of anilines is 1. The molecule has 10 heteroatoms. The fourth-order valence-electron chi connectivity index (χ4n) is 3.12. The maximum absolute atomic E-state index is 13.1. The van der Waals surface area contributed by atoms with E-state index in [-0.39, 0.29) is 15.7 Å². The number of imide groups is 1. The van der Waals surface area contributed by atoms with Gasteiger partial charge in [0.2, 0.25) is 5.91 Å². The summed E-state index contributed by atoms with van der Waals surface area (Å²) in [6.45, 7) is 1.05. The largest absolute Gasteiger partial charge is 0.493 e. The maximum Gasteiger partial charge on any atom is 0.325 e. The lowest BCUT2D eigenvalue weighted by Crippen LogP contribution is -2.42. The Morgan fingerprint density at radius 2 is 1.73 bits per heavy atom. The highest BCUT2D eigenvalue weighted by Gasteiger charge is 2.49. The van der Waals surface area contributed by atoms with Crippen molar-refractivity contribution in [2.75, 3.05) is 26.1 Å². The van der Waals surface area contributed by atoms with Gasteiger partial charge in [-0.05, 0) is 36.8 Å². The molecule has 1 saturated heterocycles. The SMILES string of the molecule is COc1ccc(C2(C)NC(=O)N(CC(=O)Nc3c(Cl)cccc3Cl)C2=O)cc1OC. The van der Waals surface area contributed by atoms with Crippen molar-refractivity contribution in [3.63, 3.8) is 0 Å². The molecule has 2 aromatic carbocycles. The summed E-state index contributed by atoms with van der Waals surface area (Å²) < 4.78 is 10.5. The number of rotatable bonds is 6. The lowest BCUT2D eigenvalue weighted by Gasteiger charge is -2.23. The molecule has 1 aliphatic heterocycles. The van der Waals surface area contributed by atoms with Gasteiger partial charge in [0.25, 0.3) is 5.91 Å². The minimum atomic E-state index is -1.38. The van der Waals surface area contributed by atoms with E-state index in [2.05, 4.69) is 10.6 Å². The second-order valence-corrected chi connectivity index (χ2v) is 7.48. The molecule has 0 aromatic heterocycles. The highest BCUT2D eigenvalue weighted by atomic mass is 35.5. The topological polar surface area (TPSA) is 97.0 Å². The van der Waals surface area contributed by atoms with Crippen LogP contribution < -0.4 is 20.1 Å². The van der Waals surface area contributed by atoms with E-state index in [1.165, 1.54) is 14.2 Å². The number of nitrogens with one attached hydrogen (secondary N) is 2. The third kappa shape index (κ3) is 3.88. The van der Waals surface area contributed by atoms with Crippen LogP contribution in [-0.2, 0) is 15.1 Å². The Hall–Kier alpha value is -2.97. The Labute approximate surface area is 183 Å². The summed E-state index contributed by atoms with van der Waals surface area (Å²) in [5, 5.41) is 5.65. The maximum atomic E-state index is 13.1. The van der Waals surface area contributed by atoms with Gasteiger partial charge in [-0.25, -0.2) is 4.79 Å². The number of hydrogen-bond acceptors (Lipinski definition) is 5. The Kier molecular flexibility index (Phi) is 6.09. The molecule has 0 aliphatic carbocycles. The molecule has 1 unspecified atom stereocenters. The number of benzene rings is 2. The van der Waals surface area contributed by atoms with Crippen molar-refractivity contribution in [2.45, 2.75) is 12.5 Å². The number of nitrogens with zero attached hydrogens (tertiary/aromatic N) is 1. The Morgan fingerprint density at radius 1 is 1.10 bits per heavy atom. The summed E-state index contributed by atoms with van der Waals surface area (Å²) in [5.41, 5.74) is -0.685. The molecular formula is C20H19Cl2N3O5. The predicted octanol–water partition coefficient (Wildman–Crippen LogP) is 3.42. The van der Waals surface area contributed by atoms with E-state index in [0.29, 0.717) is 17.1 Å². The van der Waals surface area contributed by atoms with Crippen molar-refractivity contribution >= 4 is 46.7 Å². The predicted molar refractivity (Wildman–Crippen MR) is 112 cm³/mol. The molecule has 0 saturated carbocycles. The first-order valence-electron chi connectivity index (χ1n) is 8.81. The van der Waals surface area contributed by atoms with Crippen LogP contribution in [0.5, 0.6) is 11.5 Å². The summed E-state index contributed by atoms with van der Waals surface area (Å²) in [6, 6.07) is 8.93. The van der Waals surface area contributed by atoms with Crippen LogP contribution in [0.25, 0.3) is 0 Å². The molecule has 1 atom stereocenters. The molecule has 3 rings (SSSR count). The molecule has 1 heterocycles. The molecule has 0 radical (unpaired) electrons. The number of carbonyl (C=O) groups is 3. The molecular weight excluding hydrogens is 433 g/mol. The van der Waals surface area contributed by atoms with Crippen molar-refractivity contribution in [3.8, 4) is 11.5 Å². The highest BCUT2D eigenvalue weighted by molar-refractivity contribution is 6.39. The standard InChI is InChI=1S/C20H19Cl2N3O5/c1-20(11-7-8-14(29-2)15(9-11)30-3)18(27)25(19(28)24-20)10-16(26)23-17-12(21)5-4-6-13(17)22/h4-9H,10H2,1-3H3,(H,23,26)(H,24,28). The van der Waals surface area contributed by atoms with Gasteiger partial charge in [0.1, 0.15) is 12.1 Å². The highest BCUT2D eigenvalue weighted by Crippen LogP contribution is 2.35. The molecule has 0 bridgehead atoms. The van der Waals surface area contributed by atoms with Crippen molar-refractivity contribution in [3.05, 3.63) is 52.0 Å². The fraction of sp³-hybridized carbons (Fsp3) is 0.250. The average Bonchev–Trinajstić information content (AvgIpc) is 2.94. The van der Waals surface area contributed by atoms with E-state index < -0.39 is 29.9 Å². The first-order valence-corrected chi connectivity index (χ1v) is 9.57. The monoisotopic (exact) mass is 451 g/mol. The third-order valence-electron chi connectivity index (χ3n) is 4.76. The summed E-state index contributed by atoms with van der Waals surface area (Å²) in [4.78, 5) is 38.8. The number of para-hydroxylation sites is 1. The zero-order valence-corrected chi connectivity index (χ0v) is 17.9. The number of halogens is 2. The van der Waals surface area contributed by atoms with Crippen LogP contribution >= 0.6 is 23.2 Å². The molecule has 4 amide bonds. The quantitative estimate of drug-likeness (QED) is 0.655. The van der Waals surface area contributed by atoms with Crippen molar-refractivity contribution < 1.29 is 23.9 Å². The van der Waals surface area contributed by atoms with Gasteiger partial charge in [0.15, 0.2) is 11.5 Å². The Morgan fingerprint density at radius 3 is 2.33 bits per heavy atom. The first kappa shape index (κ1) is 21.7. The summed E-state index contributed by atoms with van der Waals surface area (Å²) in [7, 11) is 2.96. The van der Waals surface area contributed by atoms with Crippen molar-refractivity contribution in [1.29, 1.82) is 0 Å². The van der Waals surface area contributed by atoms with E-state index >= 15 is 0 Å². The molecule has 158 valence electrons. The molecule has 30 heavy (non-hydrogen) atoms. The summed E-state index contributed by atoms with van der Waals surface area (Å²) >= 11 is 12.1. The van der Waals surface area contributed by atoms with E-state index in [1.807, 2.05) is 0 Å². The summed E-state index contributed by atoms with van der Waals surface area (Å²) in [6.07, 6.45) is 0. The van der Waals surface area contributed by atoms with Crippen molar-refractivity contribution in [1.82, 2.24) is 10.2 Å². The zero-order valence-electron chi connectivity index (χ0n) is 16.4. The van der Waals surface area contributed by atoms with E-state index in [0.717, 1.165) is 4.90 Å². The zero-order chi connectivity index (χ0) is 22.1. The van der Waals surface area contributed by atoms with Gasteiger partial charge in [-0.2, -0.15) is 0 Å². The number of ether oxygens (including phenoxy) is 2. The number of carbonyl (C=O) groups excluding carboxylic acids is 3. The molecule has 1 fully saturated rings. The van der Waals surface area contributed by atoms with Crippen LogP contribution in [0.4, 0.5) is 10.5 Å². The molecule has 8 nitrogen and oxygen atoms in total. The van der Waals surface area contributed by atoms with E-state index in [9.17, 15) is 14.4 Å². The Bertz CT molecular complexity index is 1010. The van der Waals surface area contributed by atoms with E-state index in [1.54, 1.807) is 43.3 Å². The minimum Gasteiger partial charge on any atom is -0.493 e. The lowest BCUT2D eigenvalue weighted by atomic mass is 9.91. The minimum absolute atomic E-state index is 0.209. The summed E-state index contributed by atoms with van der Waals surface area (Å²) in [5.74, 6) is -0.317. The lowest BCUT2D eigenvalue weighted by molar-refractivity contribution is -0.133. The number of amides is 4. The second-order valence-electron chi connectivity index (χ2n) is 6.66. The van der Waals surface area contributed by atoms with Gasteiger partial charge in [0.05, 0.1) is 30.0 Å². The van der Waals surface area contributed by atoms with Crippen LogP contribution in [-0.4, -0.2) is 43.5 Å². The van der Waals surface area contributed by atoms with Crippen molar-refractivity contribution in [2.24, 2.45) is 0 Å². The van der Waals surface area contributed by atoms with Gasteiger partial charge in [-0.15, -0.1) is 0 Å². The second kappa shape index (κ2) is 8.41. The van der Waals surface area contributed by atoms with E-state index in [4.69, 9.17) is 32.7 Å². The van der Waals surface area contributed by atoms with Gasteiger partial charge >= 0.3 is 6.03 Å². The molecule has 2 aromatic rings. The van der Waals surface area contributed by atoms with Gasteiger partial charge in [0, 0.05) is 0 Å².